The number of rotatable bonds is 5. The lowest BCUT2D eigenvalue weighted by molar-refractivity contribution is 0.507. The number of benzene rings is 1. The molecule has 0 aliphatic carbocycles. The van der Waals surface area contributed by atoms with Crippen molar-refractivity contribution in [3.63, 3.8) is 0 Å². The van der Waals surface area contributed by atoms with Gasteiger partial charge in [-0.3, -0.25) is 11.3 Å². The van der Waals surface area contributed by atoms with Crippen LogP contribution in [0.25, 0.3) is 0 Å². The maximum absolute atomic E-state index is 13.6. The Morgan fingerprint density at radius 2 is 2.17 bits per heavy atom. The molecule has 0 aliphatic rings. The van der Waals surface area contributed by atoms with Gasteiger partial charge >= 0.3 is 0 Å². The first kappa shape index (κ1) is 13.5. The normalized spacial score (nSPS) is 12.6. The number of hydrogen-bond donors (Lipinski definition) is 2. The maximum Gasteiger partial charge on any atom is 0.126 e. The van der Waals surface area contributed by atoms with E-state index in [-0.39, 0.29) is 11.9 Å². The van der Waals surface area contributed by atoms with E-state index in [0.29, 0.717) is 17.0 Å². The van der Waals surface area contributed by atoms with Gasteiger partial charge in [-0.1, -0.05) is 11.6 Å². The van der Waals surface area contributed by atoms with Crippen LogP contribution < -0.4 is 11.3 Å². The van der Waals surface area contributed by atoms with Gasteiger partial charge in [0, 0.05) is 11.1 Å². The topological polar surface area (TPSA) is 38.0 Å². The van der Waals surface area contributed by atoms with Crippen LogP contribution >= 0.6 is 22.9 Å². The molecule has 96 valence electrons. The molecule has 0 saturated carbocycles. The van der Waals surface area contributed by atoms with E-state index in [0.717, 1.165) is 6.42 Å². The highest BCUT2D eigenvalue weighted by molar-refractivity contribution is 7.07. The van der Waals surface area contributed by atoms with Crippen LogP contribution in [0, 0.1) is 5.82 Å². The van der Waals surface area contributed by atoms with Gasteiger partial charge in [-0.15, -0.1) is 0 Å². The number of nitrogens with two attached hydrogens (primary N) is 1. The molecule has 0 radical (unpaired) electrons. The summed E-state index contributed by atoms with van der Waals surface area (Å²) < 4.78 is 13.6. The van der Waals surface area contributed by atoms with Crippen LogP contribution in [0.3, 0.4) is 0 Å². The minimum atomic E-state index is -0.245. The van der Waals surface area contributed by atoms with Crippen molar-refractivity contribution in [2.75, 3.05) is 0 Å². The van der Waals surface area contributed by atoms with Crippen LogP contribution in [-0.4, -0.2) is 6.04 Å². The highest BCUT2D eigenvalue weighted by Gasteiger charge is 2.12. The van der Waals surface area contributed by atoms with Gasteiger partial charge in [0.25, 0.3) is 0 Å². The fourth-order valence-electron chi connectivity index (χ4n) is 1.85. The molecule has 2 aromatic rings. The van der Waals surface area contributed by atoms with E-state index >= 15 is 0 Å². The fourth-order valence-corrected chi connectivity index (χ4v) is 2.72. The summed E-state index contributed by atoms with van der Waals surface area (Å²) in [6.07, 6.45) is 1.28. The fraction of sp³-hybridized carbons (Fsp3) is 0.231. The van der Waals surface area contributed by atoms with Gasteiger partial charge in [0.2, 0.25) is 0 Å². The summed E-state index contributed by atoms with van der Waals surface area (Å²) in [5.74, 6) is 5.28. The van der Waals surface area contributed by atoms with Crippen molar-refractivity contribution in [2.24, 2.45) is 5.84 Å². The number of thiophene rings is 1. The second-order valence-corrected chi connectivity index (χ2v) is 5.36. The third-order valence-electron chi connectivity index (χ3n) is 2.77. The zero-order valence-corrected chi connectivity index (χ0v) is 11.3. The first-order valence-corrected chi connectivity index (χ1v) is 6.92. The minimum absolute atomic E-state index is 0.00688. The van der Waals surface area contributed by atoms with Crippen LogP contribution in [0.5, 0.6) is 0 Å². The molecular formula is C13H14ClFN2S. The Hall–Kier alpha value is -0.940. The van der Waals surface area contributed by atoms with Gasteiger partial charge in [-0.2, -0.15) is 11.3 Å². The summed E-state index contributed by atoms with van der Waals surface area (Å²) in [4.78, 5) is 0. The molecule has 1 heterocycles. The Morgan fingerprint density at radius 1 is 1.33 bits per heavy atom. The van der Waals surface area contributed by atoms with Crippen LogP contribution in [0.2, 0.25) is 5.02 Å². The molecule has 1 unspecified atom stereocenters. The van der Waals surface area contributed by atoms with E-state index < -0.39 is 0 Å². The summed E-state index contributed by atoms with van der Waals surface area (Å²) in [5.41, 5.74) is 4.51. The van der Waals surface area contributed by atoms with Crippen molar-refractivity contribution >= 4 is 22.9 Å². The third kappa shape index (κ3) is 3.53. The van der Waals surface area contributed by atoms with Gasteiger partial charge < -0.3 is 0 Å². The molecule has 0 saturated heterocycles. The van der Waals surface area contributed by atoms with Crippen molar-refractivity contribution in [3.8, 4) is 0 Å². The van der Waals surface area contributed by atoms with Gasteiger partial charge in [-0.25, -0.2) is 4.39 Å². The van der Waals surface area contributed by atoms with E-state index in [4.69, 9.17) is 17.4 Å². The predicted octanol–water partition coefficient (Wildman–Crippen LogP) is 3.16. The van der Waals surface area contributed by atoms with E-state index in [1.165, 1.54) is 11.6 Å². The summed E-state index contributed by atoms with van der Waals surface area (Å²) >= 11 is 7.51. The summed E-state index contributed by atoms with van der Waals surface area (Å²) in [6, 6.07) is 6.62. The molecule has 0 spiro atoms. The summed E-state index contributed by atoms with van der Waals surface area (Å²) in [5, 5.41) is 4.62. The molecule has 0 aliphatic heterocycles. The number of nitrogens with one attached hydrogen (secondary N) is 1. The number of halogens is 2. The first-order valence-electron chi connectivity index (χ1n) is 5.60. The Balaban J connectivity index is 2.07. The van der Waals surface area contributed by atoms with Crippen molar-refractivity contribution in [2.45, 2.75) is 18.9 Å². The van der Waals surface area contributed by atoms with E-state index in [1.54, 1.807) is 23.5 Å². The van der Waals surface area contributed by atoms with E-state index in [2.05, 4.69) is 10.8 Å². The van der Waals surface area contributed by atoms with Gasteiger partial charge in [0.1, 0.15) is 5.82 Å². The van der Waals surface area contributed by atoms with Crippen LogP contribution in [-0.2, 0) is 12.8 Å². The van der Waals surface area contributed by atoms with Crippen molar-refractivity contribution < 1.29 is 4.39 Å². The van der Waals surface area contributed by atoms with Crippen molar-refractivity contribution in [1.29, 1.82) is 0 Å². The zero-order valence-electron chi connectivity index (χ0n) is 9.70. The molecule has 5 heteroatoms. The molecule has 0 amide bonds. The Morgan fingerprint density at radius 3 is 2.83 bits per heavy atom. The third-order valence-corrected chi connectivity index (χ3v) is 3.74. The molecule has 1 atom stereocenters. The van der Waals surface area contributed by atoms with Crippen LogP contribution in [0.4, 0.5) is 4.39 Å². The van der Waals surface area contributed by atoms with Gasteiger partial charge in [-0.05, 0) is 59.0 Å². The first-order chi connectivity index (χ1) is 8.69. The summed E-state index contributed by atoms with van der Waals surface area (Å²) in [6.45, 7) is 0. The Bertz CT molecular complexity index is 502. The molecular weight excluding hydrogens is 271 g/mol. The zero-order chi connectivity index (χ0) is 13.0. The smallest absolute Gasteiger partial charge is 0.126 e. The van der Waals surface area contributed by atoms with Crippen molar-refractivity contribution in [3.05, 3.63) is 57.0 Å². The molecule has 2 nitrogen and oxygen atoms in total. The second-order valence-electron chi connectivity index (χ2n) is 4.14. The molecule has 1 aromatic heterocycles. The minimum Gasteiger partial charge on any atom is -0.271 e. The number of hydrogen-bond acceptors (Lipinski definition) is 3. The Labute approximate surface area is 115 Å². The second kappa shape index (κ2) is 6.29. The highest BCUT2D eigenvalue weighted by Crippen LogP contribution is 2.18. The quantitative estimate of drug-likeness (QED) is 0.654. The highest BCUT2D eigenvalue weighted by atomic mass is 35.5. The van der Waals surface area contributed by atoms with Gasteiger partial charge in [0.05, 0.1) is 0 Å². The lowest BCUT2D eigenvalue weighted by Gasteiger charge is -2.15. The van der Waals surface area contributed by atoms with Crippen LogP contribution in [0.1, 0.15) is 11.1 Å². The standard InChI is InChI=1S/C13H14ClFN2S/c14-11-1-2-13(15)10(6-11)7-12(17-16)5-9-3-4-18-8-9/h1-4,6,8,12,17H,5,7,16H2. The molecule has 3 N–H and O–H groups in total. The lowest BCUT2D eigenvalue weighted by Crippen LogP contribution is -2.38. The largest absolute Gasteiger partial charge is 0.271 e. The maximum atomic E-state index is 13.6. The monoisotopic (exact) mass is 284 g/mol. The SMILES string of the molecule is NNC(Cc1ccsc1)Cc1cc(Cl)ccc1F. The predicted molar refractivity (Wildman–Crippen MR) is 74.2 cm³/mol. The molecule has 18 heavy (non-hydrogen) atoms. The number of hydrazine groups is 1. The van der Waals surface area contributed by atoms with Gasteiger partial charge in [0.15, 0.2) is 0 Å². The van der Waals surface area contributed by atoms with Crippen molar-refractivity contribution in [1.82, 2.24) is 5.43 Å². The lowest BCUT2D eigenvalue weighted by atomic mass is 10.0. The van der Waals surface area contributed by atoms with Crippen LogP contribution in [0.15, 0.2) is 35.0 Å². The van der Waals surface area contributed by atoms with E-state index in [1.807, 2.05) is 11.4 Å². The summed E-state index contributed by atoms with van der Waals surface area (Å²) in [7, 11) is 0. The molecule has 0 fully saturated rings. The average Bonchev–Trinajstić information content (AvgIpc) is 2.85. The molecule has 2 rings (SSSR count). The van der Waals surface area contributed by atoms with E-state index in [9.17, 15) is 4.39 Å². The molecule has 1 aromatic carbocycles. The molecule has 0 bridgehead atoms. The average molecular weight is 285 g/mol. The Kier molecular flexibility index (Phi) is 4.72.